The third-order valence-corrected chi connectivity index (χ3v) is 8.10. The SMILES string of the molecule is CN1CCCN(c2ccc(-c3cc4c(Nc5ccccc5P(C)(C)=O)ccnc4[nH]3)cc2)CC1. The number of likely N-dealkylation sites (N-methyl/N-ethyl adjacent to an activating group) is 1. The van der Waals surface area contributed by atoms with Crippen LogP contribution in [0.3, 0.4) is 0 Å². The number of nitrogens with zero attached hydrogens (tertiary/aromatic N) is 3. The fraction of sp³-hybridized carbons (Fsp3) is 0.296. The van der Waals surface area contributed by atoms with E-state index in [1.54, 1.807) is 19.5 Å². The van der Waals surface area contributed by atoms with Crippen molar-refractivity contribution in [1.29, 1.82) is 0 Å². The lowest BCUT2D eigenvalue weighted by Gasteiger charge is -2.23. The highest BCUT2D eigenvalue weighted by atomic mass is 31.2. The van der Waals surface area contributed by atoms with Crippen molar-refractivity contribution in [2.75, 3.05) is 56.8 Å². The first-order valence-electron chi connectivity index (χ1n) is 11.8. The molecular weight excluding hydrogens is 441 g/mol. The highest BCUT2D eigenvalue weighted by Crippen LogP contribution is 2.39. The van der Waals surface area contributed by atoms with Crippen LogP contribution in [0.25, 0.3) is 22.3 Å². The summed E-state index contributed by atoms with van der Waals surface area (Å²) in [6.45, 7) is 8.02. The van der Waals surface area contributed by atoms with Gasteiger partial charge in [-0.1, -0.05) is 24.3 Å². The average Bonchev–Trinajstić information content (AvgIpc) is 3.15. The van der Waals surface area contributed by atoms with Crippen LogP contribution < -0.4 is 15.5 Å². The van der Waals surface area contributed by atoms with E-state index in [0.29, 0.717) is 0 Å². The molecule has 2 N–H and O–H groups in total. The van der Waals surface area contributed by atoms with Crippen LogP contribution in [0.15, 0.2) is 66.9 Å². The molecule has 1 saturated heterocycles. The molecule has 1 fully saturated rings. The first-order chi connectivity index (χ1) is 16.4. The number of aromatic amines is 1. The second-order valence-electron chi connectivity index (χ2n) is 9.49. The third-order valence-electron chi connectivity index (χ3n) is 6.55. The second-order valence-corrected chi connectivity index (χ2v) is 12.7. The summed E-state index contributed by atoms with van der Waals surface area (Å²) < 4.78 is 12.8. The number of rotatable bonds is 5. The van der Waals surface area contributed by atoms with Crippen LogP contribution in [-0.2, 0) is 4.57 Å². The first kappa shape index (κ1) is 22.7. The number of H-pyrrole nitrogens is 1. The molecule has 0 atom stereocenters. The Morgan fingerprint density at radius 1 is 0.941 bits per heavy atom. The van der Waals surface area contributed by atoms with Crippen LogP contribution in [0.1, 0.15) is 6.42 Å². The summed E-state index contributed by atoms with van der Waals surface area (Å²) in [4.78, 5) is 12.9. The molecule has 1 aliphatic heterocycles. The molecule has 3 heterocycles. The number of hydrogen-bond acceptors (Lipinski definition) is 5. The van der Waals surface area contributed by atoms with E-state index in [0.717, 1.165) is 65.1 Å². The summed E-state index contributed by atoms with van der Waals surface area (Å²) in [6, 6.07) is 20.7. The zero-order valence-electron chi connectivity index (χ0n) is 20.1. The van der Waals surface area contributed by atoms with Gasteiger partial charge in [0.1, 0.15) is 12.8 Å². The van der Waals surface area contributed by atoms with E-state index >= 15 is 0 Å². The van der Waals surface area contributed by atoms with E-state index < -0.39 is 7.14 Å². The molecule has 0 bridgehead atoms. The monoisotopic (exact) mass is 473 g/mol. The smallest absolute Gasteiger partial charge is 0.139 e. The van der Waals surface area contributed by atoms with Crippen LogP contribution >= 0.6 is 7.14 Å². The Bertz CT molecular complexity index is 1340. The molecule has 1 aliphatic rings. The molecule has 0 unspecified atom stereocenters. The Hall–Kier alpha value is -3.08. The summed E-state index contributed by atoms with van der Waals surface area (Å²) in [6.07, 6.45) is 2.99. The van der Waals surface area contributed by atoms with Crippen molar-refractivity contribution < 1.29 is 4.57 Å². The van der Waals surface area contributed by atoms with Crippen LogP contribution in [0.5, 0.6) is 0 Å². The molecule has 2 aromatic heterocycles. The standard InChI is InChI=1S/C27H32N5OP/c1-31-15-6-16-32(18-17-31)21-11-9-20(10-12-21)25-19-22-23(13-14-28-27(22)30-25)29-24-7-4-5-8-26(24)34(2,3)33/h4-5,7-14,19H,6,15-18H2,1-3H3,(H2,28,29,30). The molecule has 6 nitrogen and oxygen atoms in total. The van der Waals surface area contributed by atoms with Gasteiger partial charge in [0.05, 0.1) is 5.69 Å². The Balaban J connectivity index is 1.43. The van der Waals surface area contributed by atoms with Gasteiger partial charge in [-0.2, -0.15) is 0 Å². The number of hydrogen-bond donors (Lipinski definition) is 2. The van der Waals surface area contributed by atoms with Crippen molar-refractivity contribution in [3.8, 4) is 11.3 Å². The van der Waals surface area contributed by atoms with Crippen molar-refractivity contribution >= 4 is 40.5 Å². The molecule has 0 aliphatic carbocycles. The fourth-order valence-electron chi connectivity index (χ4n) is 4.64. The number of pyridine rings is 1. The lowest BCUT2D eigenvalue weighted by molar-refractivity contribution is 0.360. The highest BCUT2D eigenvalue weighted by molar-refractivity contribution is 7.70. The first-order valence-corrected chi connectivity index (χ1v) is 14.4. The lowest BCUT2D eigenvalue weighted by atomic mass is 10.1. The molecule has 0 saturated carbocycles. The summed E-state index contributed by atoms with van der Waals surface area (Å²) in [5.41, 5.74) is 6.08. The van der Waals surface area contributed by atoms with Crippen LogP contribution in [-0.4, -0.2) is 61.4 Å². The molecule has 7 heteroatoms. The molecule has 0 spiro atoms. The van der Waals surface area contributed by atoms with Gasteiger partial charge in [-0.25, -0.2) is 4.98 Å². The maximum absolute atomic E-state index is 12.8. The summed E-state index contributed by atoms with van der Waals surface area (Å²) in [7, 11) is -0.215. The Kier molecular flexibility index (Phi) is 6.20. The molecule has 176 valence electrons. The van der Waals surface area contributed by atoms with Gasteiger partial charge in [0.2, 0.25) is 0 Å². The molecule has 0 amide bonds. The van der Waals surface area contributed by atoms with Crippen molar-refractivity contribution in [1.82, 2.24) is 14.9 Å². The van der Waals surface area contributed by atoms with Crippen LogP contribution in [0, 0.1) is 0 Å². The zero-order chi connectivity index (χ0) is 23.7. The number of para-hydroxylation sites is 1. The normalized spacial score (nSPS) is 15.4. The van der Waals surface area contributed by atoms with Crippen LogP contribution in [0.2, 0.25) is 0 Å². The Morgan fingerprint density at radius 2 is 1.74 bits per heavy atom. The minimum atomic E-state index is -2.41. The maximum Gasteiger partial charge on any atom is 0.139 e. The number of nitrogens with one attached hydrogen (secondary N) is 2. The second kappa shape index (κ2) is 9.28. The van der Waals surface area contributed by atoms with Gasteiger partial charge in [0.25, 0.3) is 0 Å². The van der Waals surface area contributed by atoms with Crippen molar-refractivity contribution in [3.63, 3.8) is 0 Å². The van der Waals surface area contributed by atoms with Gasteiger partial charge in [-0.3, -0.25) is 0 Å². The van der Waals surface area contributed by atoms with Crippen molar-refractivity contribution in [2.45, 2.75) is 6.42 Å². The van der Waals surface area contributed by atoms with E-state index in [1.807, 2.05) is 30.3 Å². The van der Waals surface area contributed by atoms with E-state index in [1.165, 1.54) is 12.1 Å². The van der Waals surface area contributed by atoms with Crippen molar-refractivity contribution in [3.05, 3.63) is 66.9 Å². The molecular formula is C27H32N5OP. The van der Waals surface area contributed by atoms with Gasteiger partial charge in [0, 0.05) is 53.6 Å². The fourth-order valence-corrected chi connectivity index (χ4v) is 5.80. The average molecular weight is 474 g/mol. The van der Waals surface area contributed by atoms with E-state index in [-0.39, 0.29) is 0 Å². The zero-order valence-corrected chi connectivity index (χ0v) is 21.0. The van der Waals surface area contributed by atoms with E-state index in [4.69, 9.17) is 0 Å². The minimum Gasteiger partial charge on any atom is -0.370 e. The summed E-state index contributed by atoms with van der Waals surface area (Å²) >= 11 is 0. The molecule has 0 radical (unpaired) electrons. The minimum absolute atomic E-state index is 0.827. The van der Waals surface area contributed by atoms with E-state index in [2.05, 4.69) is 62.5 Å². The maximum atomic E-state index is 12.8. The predicted molar refractivity (Wildman–Crippen MR) is 145 cm³/mol. The third kappa shape index (κ3) is 4.75. The molecule has 4 aromatic rings. The summed E-state index contributed by atoms with van der Waals surface area (Å²) in [5, 5.41) is 5.37. The van der Waals surface area contributed by atoms with Crippen molar-refractivity contribution in [2.24, 2.45) is 0 Å². The lowest BCUT2D eigenvalue weighted by Crippen LogP contribution is -2.28. The molecule has 5 rings (SSSR count). The quantitative estimate of drug-likeness (QED) is 0.382. The van der Waals surface area contributed by atoms with Gasteiger partial charge in [-0.15, -0.1) is 0 Å². The van der Waals surface area contributed by atoms with Crippen LogP contribution in [0.4, 0.5) is 17.1 Å². The van der Waals surface area contributed by atoms with Gasteiger partial charge < -0.3 is 24.7 Å². The molecule has 34 heavy (non-hydrogen) atoms. The topological polar surface area (TPSA) is 64.3 Å². The van der Waals surface area contributed by atoms with Gasteiger partial charge in [0.15, 0.2) is 0 Å². The Labute approximate surface area is 201 Å². The number of benzene rings is 2. The van der Waals surface area contributed by atoms with Gasteiger partial charge >= 0.3 is 0 Å². The number of anilines is 3. The van der Waals surface area contributed by atoms with Gasteiger partial charge in [-0.05, 0) is 75.3 Å². The largest absolute Gasteiger partial charge is 0.370 e. The Morgan fingerprint density at radius 3 is 2.53 bits per heavy atom. The predicted octanol–water partition coefficient (Wildman–Crippen LogP) is 5.36. The van der Waals surface area contributed by atoms with E-state index in [9.17, 15) is 4.57 Å². The number of aromatic nitrogens is 2. The molecule has 2 aromatic carbocycles. The summed E-state index contributed by atoms with van der Waals surface area (Å²) in [5.74, 6) is 0. The highest BCUT2D eigenvalue weighted by Gasteiger charge is 2.17. The number of fused-ring (bicyclic) bond motifs is 1.